The minimum atomic E-state index is -0.288. The van der Waals surface area contributed by atoms with E-state index in [2.05, 4.69) is 5.32 Å². The molecule has 8 nitrogen and oxygen atoms in total. The number of hydrogen-bond acceptors (Lipinski definition) is 6. The number of nitrogens with zero attached hydrogens (tertiary/aromatic N) is 1. The number of benzene rings is 2. The molecule has 2 aromatic rings. The molecule has 34 heavy (non-hydrogen) atoms. The van der Waals surface area contributed by atoms with Crippen LogP contribution in [0, 0.1) is 6.92 Å². The van der Waals surface area contributed by atoms with Gasteiger partial charge in [0.2, 0.25) is 12.7 Å². The van der Waals surface area contributed by atoms with E-state index < -0.39 is 0 Å². The molecule has 3 heterocycles. The second kappa shape index (κ2) is 9.10. The number of aryl methyl sites for hydroxylation is 1. The normalized spacial score (nSPS) is 18.2. The van der Waals surface area contributed by atoms with Crippen LogP contribution < -0.4 is 14.8 Å². The molecule has 0 unspecified atom stereocenters. The number of rotatable bonds is 7. The maximum Gasteiger partial charge on any atom is 0.261 e. The largest absolute Gasteiger partial charge is 0.454 e. The number of carbonyl (C=O) groups excluding carboxylic acids is 3. The van der Waals surface area contributed by atoms with E-state index in [0.717, 1.165) is 35.5 Å². The average Bonchev–Trinajstić information content (AvgIpc) is 3.41. The minimum absolute atomic E-state index is 0.0981. The smallest absolute Gasteiger partial charge is 0.261 e. The molecule has 0 aromatic heterocycles. The molecule has 1 saturated heterocycles. The van der Waals surface area contributed by atoms with Crippen LogP contribution in [-0.2, 0) is 14.9 Å². The number of hydrogen-bond donors (Lipinski definition) is 1. The van der Waals surface area contributed by atoms with Gasteiger partial charge in [-0.3, -0.25) is 19.3 Å². The van der Waals surface area contributed by atoms with Crippen LogP contribution in [0.2, 0.25) is 0 Å². The van der Waals surface area contributed by atoms with E-state index >= 15 is 0 Å². The van der Waals surface area contributed by atoms with Gasteiger partial charge < -0.3 is 19.5 Å². The molecule has 0 aliphatic carbocycles. The van der Waals surface area contributed by atoms with Gasteiger partial charge in [-0.2, -0.15) is 0 Å². The molecular formula is C26H28N2O6. The third-order valence-corrected chi connectivity index (χ3v) is 6.97. The Balaban J connectivity index is 1.18. The van der Waals surface area contributed by atoms with E-state index in [-0.39, 0.29) is 42.9 Å². The minimum Gasteiger partial charge on any atom is -0.454 e. The van der Waals surface area contributed by atoms with Crippen molar-refractivity contribution in [2.45, 2.75) is 38.0 Å². The zero-order chi connectivity index (χ0) is 23.7. The molecule has 3 aliphatic rings. The van der Waals surface area contributed by atoms with E-state index in [9.17, 15) is 14.4 Å². The van der Waals surface area contributed by atoms with Crippen LogP contribution in [0.1, 0.15) is 57.5 Å². The van der Waals surface area contributed by atoms with E-state index in [1.807, 2.05) is 31.2 Å². The highest BCUT2D eigenvalue weighted by Gasteiger charge is 2.37. The molecule has 2 aromatic carbocycles. The SMILES string of the molecule is Cc1ccc2c(c1)C(=O)N(CCCC(=O)NCC1(c3ccc4c(c3)OCO4)CCOCC1)C2=O. The number of ether oxygens (including phenoxy) is 3. The van der Waals surface area contributed by atoms with Crippen LogP contribution in [0.5, 0.6) is 11.5 Å². The van der Waals surface area contributed by atoms with Gasteiger partial charge in [0.05, 0.1) is 11.1 Å². The Bertz CT molecular complexity index is 1140. The summed E-state index contributed by atoms with van der Waals surface area (Å²) in [6.45, 7) is 4.08. The zero-order valence-corrected chi connectivity index (χ0v) is 19.2. The summed E-state index contributed by atoms with van der Waals surface area (Å²) in [7, 11) is 0. The number of carbonyl (C=O) groups is 3. The Morgan fingerprint density at radius 1 is 1.00 bits per heavy atom. The third-order valence-electron chi connectivity index (χ3n) is 6.97. The molecule has 178 valence electrons. The van der Waals surface area contributed by atoms with Gasteiger partial charge >= 0.3 is 0 Å². The fraction of sp³-hybridized carbons (Fsp3) is 0.423. The van der Waals surface area contributed by atoms with E-state index in [1.54, 1.807) is 12.1 Å². The van der Waals surface area contributed by atoms with Crippen molar-refractivity contribution in [2.75, 3.05) is 33.1 Å². The summed E-state index contributed by atoms with van der Waals surface area (Å²) in [6.07, 6.45) is 2.24. The quantitative estimate of drug-likeness (QED) is 0.634. The van der Waals surface area contributed by atoms with Gasteiger partial charge in [0, 0.05) is 38.1 Å². The van der Waals surface area contributed by atoms with E-state index in [1.165, 1.54) is 4.90 Å². The molecule has 3 amide bonds. The Kier molecular flexibility index (Phi) is 6.00. The molecule has 0 radical (unpaired) electrons. The number of amides is 3. The van der Waals surface area contributed by atoms with Crippen LogP contribution in [0.4, 0.5) is 0 Å². The second-order valence-electron chi connectivity index (χ2n) is 9.15. The average molecular weight is 465 g/mol. The van der Waals surface area contributed by atoms with Crippen molar-refractivity contribution >= 4 is 17.7 Å². The maximum atomic E-state index is 12.7. The van der Waals surface area contributed by atoms with Crippen molar-refractivity contribution in [3.05, 3.63) is 58.7 Å². The Hall–Kier alpha value is -3.39. The van der Waals surface area contributed by atoms with Crippen molar-refractivity contribution in [3.8, 4) is 11.5 Å². The molecule has 1 N–H and O–H groups in total. The summed E-state index contributed by atoms with van der Waals surface area (Å²) < 4.78 is 16.6. The Labute approximate surface area is 198 Å². The van der Waals surface area contributed by atoms with Gasteiger partial charge in [0.1, 0.15) is 0 Å². The number of nitrogens with one attached hydrogen (secondary N) is 1. The standard InChI is InChI=1S/C26H28N2O6/c1-17-4-6-19-20(13-17)25(31)28(24(19)30)10-2-3-23(29)27-15-26(8-11-32-12-9-26)18-5-7-21-22(14-18)34-16-33-21/h4-7,13-14H,2-3,8-12,15-16H2,1H3,(H,27,29). The van der Waals surface area contributed by atoms with Crippen molar-refractivity contribution in [2.24, 2.45) is 0 Å². The van der Waals surface area contributed by atoms with Gasteiger partial charge in [-0.05, 0) is 56.0 Å². The molecule has 0 bridgehead atoms. The highest BCUT2D eigenvalue weighted by molar-refractivity contribution is 6.21. The Morgan fingerprint density at radius 2 is 1.76 bits per heavy atom. The summed E-state index contributed by atoms with van der Waals surface area (Å²) >= 11 is 0. The summed E-state index contributed by atoms with van der Waals surface area (Å²) in [6, 6.07) is 11.2. The monoisotopic (exact) mass is 464 g/mol. The van der Waals surface area contributed by atoms with Crippen molar-refractivity contribution in [1.29, 1.82) is 0 Å². The van der Waals surface area contributed by atoms with E-state index in [0.29, 0.717) is 37.3 Å². The van der Waals surface area contributed by atoms with Crippen LogP contribution >= 0.6 is 0 Å². The van der Waals surface area contributed by atoms with Crippen LogP contribution in [0.3, 0.4) is 0 Å². The Morgan fingerprint density at radius 3 is 2.59 bits per heavy atom. The fourth-order valence-corrected chi connectivity index (χ4v) is 4.92. The lowest BCUT2D eigenvalue weighted by atomic mass is 9.74. The van der Waals surface area contributed by atoms with Crippen LogP contribution in [-0.4, -0.2) is 55.7 Å². The lowest BCUT2D eigenvalue weighted by molar-refractivity contribution is -0.121. The first kappa shape index (κ1) is 22.4. The first-order valence-electron chi connectivity index (χ1n) is 11.7. The molecule has 1 fully saturated rings. The zero-order valence-electron chi connectivity index (χ0n) is 19.2. The van der Waals surface area contributed by atoms with Crippen molar-refractivity contribution in [3.63, 3.8) is 0 Å². The lowest BCUT2D eigenvalue weighted by Crippen LogP contribution is -2.44. The summed E-state index contributed by atoms with van der Waals surface area (Å²) in [5.41, 5.74) is 2.67. The maximum absolute atomic E-state index is 12.7. The third kappa shape index (κ3) is 4.14. The molecule has 5 rings (SSSR count). The van der Waals surface area contributed by atoms with E-state index in [4.69, 9.17) is 14.2 Å². The van der Waals surface area contributed by atoms with Gasteiger partial charge in [-0.25, -0.2) is 0 Å². The molecule has 0 spiro atoms. The van der Waals surface area contributed by atoms with Crippen LogP contribution in [0.15, 0.2) is 36.4 Å². The summed E-state index contributed by atoms with van der Waals surface area (Å²) in [5.74, 6) is 0.792. The van der Waals surface area contributed by atoms with Gasteiger partial charge in [-0.1, -0.05) is 17.7 Å². The summed E-state index contributed by atoms with van der Waals surface area (Å²) in [5, 5.41) is 3.08. The van der Waals surface area contributed by atoms with Gasteiger partial charge in [0.25, 0.3) is 11.8 Å². The van der Waals surface area contributed by atoms with Gasteiger partial charge in [-0.15, -0.1) is 0 Å². The van der Waals surface area contributed by atoms with Gasteiger partial charge in [0.15, 0.2) is 11.5 Å². The first-order valence-corrected chi connectivity index (χ1v) is 11.7. The second-order valence-corrected chi connectivity index (χ2v) is 9.15. The predicted octanol–water partition coefficient (Wildman–Crippen LogP) is 2.96. The molecule has 0 atom stereocenters. The molecule has 0 saturated carbocycles. The molecule has 8 heteroatoms. The lowest BCUT2D eigenvalue weighted by Gasteiger charge is -2.38. The highest BCUT2D eigenvalue weighted by atomic mass is 16.7. The topological polar surface area (TPSA) is 94.2 Å². The van der Waals surface area contributed by atoms with Crippen molar-refractivity contribution in [1.82, 2.24) is 10.2 Å². The fourth-order valence-electron chi connectivity index (χ4n) is 4.92. The molecule has 3 aliphatic heterocycles. The van der Waals surface area contributed by atoms with Crippen LogP contribution in [0.25, 0.3) is 0 Å². The van der Waals surface area contributed by atoms with Crippen molar-refractivity contribution < 1.29 is 28.6 Å². The number of fused-ring (bicyclic) bond motifs is 2. The summed E-state index contributed by atoms with van der Waals surface area (Å²) in [4.78, 5) is 39.1. The predicted molar refractivity (Wildman–Crippen MR) is 123 cm³/mol. The first-order chi connectivity index (χ1) is 16.5. The molecular weight excluding hydrogens is 436 g/mol. The number of imide groups is 1. The highest BCUT2D eigenvalue weighted by Crippen LogP contribution is 2.40.